The third kappa shape index (κ3) is 5.42. The fourth-order valence-electron chi connectivity index (χ4n) is 5.26. The average Bonchev–Trinajstić information content (AvgIpc) is 2.99. The van der Waals surface area contributed by atoms with Crippen LogP contribution < -0.4 is 10.3 Å². The fraction of sp³-hybridized carbons (Fsp3) is 0.129. The maximum Gasteiger partial charge on any atom is 0.295 e. The number of aromatic nitrogens is 2. The van der Waals surface area contributed by atoms with Gasteiger partial charge in [0.05, 0.1) is 28.0 Å². The van der Waals surface area contributed by atoms with Crippen molar-refractivity contribution in [1.29, 1.82) is 0 Å². The average molecular weight is 634 g/mol. The molecule has 0 amide bonds. The molecule has 0 saturated carbocycles. The maximum atomic E-state index is 12.9. The SMILES string of the molecule is CCn1c2c(C=O)c(=O)c3ccccc3c-2nc2ccc(N(C)C)cc21.O=S(=O)(O)c1cccc2c(S(=O)(=O)O)cccc12. The summed E-state index contributed by atoms with van der Waals surface area (Å²) in [6.07, 6.45) is 0.659. The second-order valence-corrected chi connectivity index (χ2v) is 12.9. The molecule has 0 atom stereocenters. The van der Waals surface area contributed by atoms with Gasteiger partial charge in [0, 0.05) is 47.9 Å². The summed E-state index contributed by atoms with van der Waals surface area (Å²) in [7, 11) is -4.98. The van der Waals surface area contributed by atoms with Crippen LogP contribution in [0.5, 0.6) is 0 Å². The normalized spacial score (nSPS) is 11.9. The van der Waals surface area contributed by atoms with Crippen molar-refractivity contribution >= 4 is 64.8 Å². The smallest absolute Gasteiger partial charge is 0.295 e. The molecule has 1 aliphatic carbocycles. The highest BCUT2D eigenvalue weighted by atomic mass is 32.2. The van der Waals surface area contributed by atoms with Crippen LogP contribution in [0.3, 0.4) is 0 Å². The third-order valence-corrected chi connectivity index (χ3v) is 9.07. The number of hydrogen-bond donors (Lipinski definition) is 2. The molecule has 1 heterocycles. The van der Waals surface area contributed by atoms with Crippen molar-refractivity contribution in [2.75, 3.05) is 19.0 Å². The molecule has 0 aromatic heterocycles. The zero-order valence-electron chi connectivity index (χ0n) is 23.8. The number of anilines is 1. The van der Waals surface area contributed by atoms with Crippen molar-refractivity contribution in [3.05, 3.63) is 94.6 Å². The zero-order chi connectivity index (χ0) is 32.0. The topological polar surface area (TPSA) is 164 Å². The molecule has 4 aromatic carbocycles. The van der Waals surface area contributed by atoms with Crippen LogP contribution in [0.15, 0.2) is 93.4 Å². The Kier molecular flexibility index (Phi) is 7.99. The number of carbonyl (C=O) groups is 1. The summed E-state index contributed by atoms with van der Waals surface area (Å²) in [5.41, 5.74) is 4.01. The minimum Gasteiger partial charge on any atom is -0.378 e. The Morgan fingerprint density at radius 3 is 1.84 bits per heavy atom. The molecule has 0 bridgehead atoms. The molecular weight excluding hydrogens is 606 g/mol. The Hall–Kier alpha value is -4.69. The van der Waals surface area contributed by atoms with Gasteiger partial charge in [-0.1, -0.05) is 48.5 Å². The molecule has 0 radical (unpaired) electrons. The van der Waals surface area contributed by atoms with Crippen molar-refractivity contribution in [2.24, 2.45) is 0 Å². The van der Waals surface area contributed by atoms with Crippen LogP contribution in [-0.2, 0) is 26.8 Å². The minimum atomic E-state index is -4.47. The Morgan fingerprint density at radius 1 is 0.795 bits per heavy atom. The highest BCUT2D eigenvalue weighted by molar-refractivity contribution is 7.86. The second-order valence-electron chi connectivity index (χ2n) is 10.1. The van der Waals surface area contributed by atoms with Crippen LogP contribution in [-0.4, -0.2) is 55.9 Å². The van der Waals surface area contributed by atoms with Gasteiger partial charge < -0.3 is 9.47 Å². The molecule has 13 heteroatoms. The first-order valence-electron chi connectivity index (χ1n) is 13.3. The van der Waals surface area contributed by atoms with Gasteiger partial charge in [0.2, 0.25) is 0 Å². The Balaban J connectivity index is 0.000000187. The lowest BCUT2D eigenvalue weighted by Gasteiger charge is -2.21. The maximum absolute atomic E-state index is 12.9. The zero-order valence-corrected chi connectivity index (χ0v) is 25.4. The van der Waals surface area contributed by atoms with Gasteiger partial charge in [0.15, 0.2) is 11.7 Å². The summed E-state index contributed by atoms with van der Waals surface area (Å²) in [6.45, 7) is 2.64. The number of fused-ring (bicyclic) bond motifs is 5. The van der Waals surface area contributed by atoms with E-state index in [1.165, 1.54) is 24.3 Å². The van der Waals surface area contributed by atoms with Crippen molar-refractivity contribution < 1.29 is 30.7 Å². The summed E-state index contributed by atoms with van der Waals surface area (Å²) in [6, 6.07) is 20.9. The van der Waals surface area contributed by atoms with E-state index in [0.29, 0.717) is 29.6 Å². The summed E-state index contributed by atoms with van der Waals surface area (Å²) in [5.74, 6) is 0. The van der Waals surface area contributed by atoms with E-state index in [4.69, 9.17) is 14.1 Å². The summed E-state index contributed by atoms with van der Waals surface area (Å²) >= 11 is 0. The van der Waals surface area contributed by atoms with Gasteiger partial charge in [-0.2, -0.15) is 16.8 Å². The van der Waals surface area contributed by atoms with E-state index in [2.05, 4.69) is 0 Å². The third-order valence-electron chi connectivity index (χ3n) is 7.25. The molecular formula is C31H27N3O8S2. The number of rotatable bonds is 5. The van der Waals surface area contributed by atoms with Crippen molar-refractivity contribution in [3.8, 4) is 11.4 Å². The van der Waals surface area contributed by atoms with E-state index in [0.717, 1.165) is 34.2 Å². The second kappa shape index (κ2) is 11.4. The quantitative estimate of drug-likeness (QED) is 0.116. The Bertz CT molecular complexity index is 2280. The molecule has 1 aliphatic heterocycles. The van der Waals surface area contributed by atoms with E-state index in [9.17, 15) is 26.4 Å². The molecule has 6 rings (SSSR count). The van der Waals surface area contributed by atoms with Gasteiger partial charge in [-0.15, -0.1) is 0 Å². The minimum absolute atomic E-state index is 0.0233. The lowest BCUT2D eigenvalue weighted by Crippen LogP contribution is -2.18. The van der Waals surface area contributed by atoms with Gasteiger partial charge >= 0.3 is 0 Å². The van der Waals surface area contributed by atoms with Crippen LogP contribution in [0.25, 0.3) is 44.0 Å². The number of aryl methyl sites for hydroxylation is 1. The molecule has 2 N–H and O–H groups in total. The van der Waals surface area contributed by atoms with Crippen LogP contribution >= 0.6 is 0 Å². The first kappa shape index (κ1) is 30.8. The molecule has 0 unspecified atom stereocenters. The van der Waals surface area contributed by atoms with E-state index in [-0.39, 0.29) is 21.8 Å². The molecule has 226 valence electrons. The lowest BCUT2D eigenvalue weighted by atomic mass is 9.98. The molecule has 0 saturated heterocycles. The van der Waals surface area contributed by atoms with Gasteiger partial charge in [0.25, 0.3) is 20.2 Å². The summed E-state index contributed by atoms with van der Waals surface area (Å²) in [5, 5.41) is 1.35. The first-order chi connectivity index (χ1) is 20.8. The molecule has 2 aliphatic rings. The lowest BCUT2D eigenvalue weighted by molar-refractivity contribution is 0.112. The monoisotopic (exact) mass is 633 g/mol. The molecule has 0 fully saturated rings. The predicted octanol–water partition coefficient (Wildman–Crippen LogP) is 4.89. The number of nitrogens with zero attached hydrogens (tertiary/aromatic N) is 3. The van der Waals surface area contributed by atoms with E-state index >= 15 is 0 Å². The highest BCUT2D eigenvalue weighted by Crippen LogP contribution is 2.34. The number of aldehydes is 1. The van der Waals surface area contributed by atoms with Crippen LogP contribution in [0, 0.1) is 0 Å². The van der Waals surface area contributed by atoms with Gasteiger partial charge in [-0.3, -0.25) is 18.7 Å². The fourth-order valence-corrected chi connectivity index (χ4v) is 6.68. The highest BCUT2D eigenvalue weighted by Gasteiger charge is 2.23. The molecule has 4 aromatic rings. The van der Waals surface area contributed by atoms with Crippen LogP contribution in [0.4, 0.5) is 5.69 Å². The summed E-state index contributed by atoms with van der Waals surface area (Å²) < 4.78 is 64.7. The molecule has 0 spiro atoms. The van der Waals surface area contributed by atoms with Crippen LogP contribution in [0.2, 0.25) is 0 Å². The predicted molar refractivity (Wildman–Crippen MR) is 169 cm³/mol. The van der Waals surface area contributed by atoms with Gasteiger partial charge in [-0.05, 0) is 37.3 Å². The standard InChI is InChI=1S/C21H19N3O2.C10H8O6S2/c1-4-24-18-11-13(23(2)3)9-10-17(18)22-19-14-7-5-6-8-15(14)21(26)16(12-25)20(19)24;11-17(12,13)9-5-1-3-7-8(9)4-2-6-10(7)18(14,15)16/h5-12H,4H2,1-3H3;1-6H,(H,11,12,13)(H,14,15,16). The van der Waals surface area contributed by atoms with E-state index < -0.39 is 30.0 Å². The van der Waals surface area contributed by atoms with Crippen molar-refractivity contribution in [1.82, 2.24) is 9.55 Å². The van der Waals surface area contributed by atoms with E-state index in [1.54, 1.807) is 6.07 Å². The largest absolute Gasteiger partial charge is 0.378 e. The van der Waals surface area contributed by atoms with E-state index in [1.807, 2.05) is 66.9 Å². The summed E-state index contributed by atoms with van der Waals surface area (Å²) in [4.78, 5) is 30.7. The van der Waals surface area contributed by atoms with Gasteiger partial charge in [-0.25, -0.2) is 4.98 Å². The number of hydrogen-bond acceptors (Lipinski definition) is 8. The number of benzene rings is 5. The number of carbonyl (C=O) groups excluding carboxylic acids is 1. The van der Waals surface area contributed by atoms with Crippen molar-refractivity contribution in [2.45, 2.75) is 23.3 Å². The van der Waals surface area contributed by atoms with Crippen LogP contribution in [0.1, 0.15) is 17.3 Å². The molecule has 11 nitrogen and oxygen atoms in total. The Morgan fingerprint density at radius 2 is 1.34 bits per heavy atom. The first-order valence-corrected chi connectivity index (χ1v) is 16.1. The van der Waals surface area contributed by atoms with Crippen molar-refractivity contribution in [3.63, 3.8) is 0 Å². The Labute approximate surface area is 252 Å². The van der Waals surface area contributed by atoms with Gasteiger partial charge in [0.1, 0.15) is 9.79 Å². The molecule has 44 heavy (non-hydrogen) atoms.